The van der Waals surface area contributed by atoms with Crippen molar-refractivity contribution in [3.05, 3.63) is 58.8 Å². The molecule has 2 aromatic heterocycles. The van der Waals surface area contributed by atoms with Gasteiger partial charge >= 0.3 is 0 Å². The van der Waals surface area contributed by atoms with Crippen molar-refractivity contribution in [3.63, 3.8) is 0 Å². The van der Waals surface area contributed by atoms with Gasteiger partial charge in [0, 0.05) is 37.0 Å². The van der Waals surface area contributed by atoms with E-state index in [-0.39, 0.29) is 11.2 Å². The number of aromatic nitrogens is 3. The smallest absolute Gasteiger partial charge is 0.216 e. The van der Waals surface area contributed by atoms with Crippen LogP contribution in [0, 0.1) is 5.82 Å². The van der Waals surface area contributed by atoms with Crippen LogP contribution in [0.25, 0.3) is 11.6 Å². The third kappa shape index (κ3) is 5.35. The van der Waals surface area contributed by atoms with E-state index in [1.54, 1.807) is 25.4 Å². The van der Waals surface area contributed by atoms with Gasteiger partial charge in [0.05, 0.1) is 6.26 Å². The molecule has 0 amide bonds. The molecule has 0 spiro atoms. The van der Waals surface area contributed by atoms with E-state index in [2.05, 4.69) is 30.8 Å². The lowest BCUT2D eigenvalue weighted by Gasteiger charge is -2.27. The van der Waals surface area contributed by atoms with Gasteiger partial charge in [-0.1, -0.05) is 31.5 Å². The second-order valence-electron chi connectivity index (χ2n) is 7.19. The summed E-state index contributed by atoms with van der Waals surface area (Å²) >= 11 is 6.22. The van der Waals surface area contributed by atoms with Crippen LogP contribution in [0.3, 0.4) is 0 Å². The molecule has 2 heterocycles. The van der Waals surface area contributed by atoms with Crippen molar-refractivity contribution in [3.8, 4) is 11.6 Å². The summed E-state index contributed by atoms with van der Waals surface area (Å²) in [5, 5.41) is 14.0. The highest BCUT2D eigenvalue weighted by atomic mass is 35.5. The Balaban J connectivity index is 1.50. The molecule has 29 heavy (non-hydrogen) atoms. The fourth-order valence-corrected chi connectivity index (χ4v) is 3.30. The second-order valence-corrected chi connectivity index (χ2v) is 7.60. The zero-order valence-corrected chi connectivity index (χ0v) is 17.3. The molecule has 0 bridgehead atoms. The zero-order chi connectivity index (χ0) is 20.9. The number of nitrogens with zero attached hydrogens (tertiary/aromatic N) is 3. The molecular formula is C20H24ClFN6O. The molecule has 0 fully saturated rings. The maximum absolute atomic E-state index is 13.3. The summed E-state index contributed by atoms with van der Waals surface area (Å²) in [5.41, 5.74) is 0.557. The molecule has 0 saturated heterocycles. The van der Waals surface area contributed by atoms with Crippen molar-refractivity contribution in [2.24, 2.45) is 4.99 Å². The van der Waals surface area contributed by atoms with Gasteiger partial charge in [-0.3, -0.25) is 10.1 Å². The number of furan rings is 1. The quantitative estimate of drug-likeness (QED) is 0.403. The number of aliphatic imine (C=N–C) groups is 1. The topological polar surface area (TPSA) is 91.1 Å². The first-order chi connectivity index (χ1) is 13.9. The first-order valence-corrected chi connectivity index (χ1v) is 9.62. The highest BCUT2D eigenvalue weighted by molar-refractivity contribution is 6.31. The Morgan fingerprint density at radius 3 is 2.83 bits per heavy atom. The van der Waals surface area contributed by atoms with Gasteiger partial charge in [-0.05, 0) is 29.8 Å². The molecule has 3 rings (SSSR count). The Labute approximate surface area is 173 Å². The zero-order valence-electron chi connectivity index (χ0n) is 16.6. The summed E-state index contributed by atoms with van der Waals surface area (Å²) in [6, 6.07) is 8.08. The number of rotatable bonds is 7. The van der Waals surface area contributed by atoms with Gasteiger partial charge in [0.2, 0.25) is 5.82 Å². The van der Waals surface area contributed by atoms with Crippen molar-refractivity contribution in [2.45, 2.75) is 25.7 Å². The maximum Gasteiger partial charge on any atom is 0.216 e. The number of nitrogens with one attached hydrogen (secondary N) is 3. The average Bonchev–Trinajstić information content (AvgIpc) is 3.35. The van der Waals surface area contributed by atoms with E-state index in [0.717, 1.165) is 11.4 Å². The van der Waals surface area contributed by atoms with E-state index in [1.165, 1.54) is 12.1 Å². The lowest BCUT2D eigenvalue weighted by Crippen LogP contribution is -2.44. The number of hydrogen-bond donors (Lipinski definition) is 3. The molecule has 0 aliphatic rings. The van der Waals surface area contributed by atoms with Crippen LogP contribution in [0.5, 0.6) is 0 Å². The van der Waals surface area contributed by atoms with Gasteiger partial charge in [0.1, 0.15) is 11.6 Å². The first kappa shape index (κ1) is 20.9. The Hall–Kier alpha value is -2.87. The van der Waals surface area contributed by atoms with Crippen LogP contribution >= 0.6 is 11.6 Å². The van der Waals surface area contributed by atoms with E-state index < -0.39 is 0 Å². The van der Waals surface area contributed by atoms with Crippen LogP contribution in [0.2, 0.25) is 5.02 Å². The number of halogens is 2. The molecule has 0 saturated carbocycles. The highest BCUT2D eigenvalue weighted by Crippen LogP contribution is 2.29. The summed E-state index contributed by atoms with van der Waals surface area (Å²) in [6.45, 7) is 5.27. The molecule has 9 heteroatoms. The van der Waals surface area contributed by atoms with Gasteiger partial charge in [-0.25, -0.2) is 9.37 Å². The van der Waals surface area contributed by atoms with Crippen LogP contribution in [-0.4, -0.2) is 41.3 Å². The third-order valence-electron chi connectivity index (χ3n) is 4.51. The number of aromatic amines is 1. The van der Waals surface area contributed by atoms with E-state index in [1.807, 2.05) is 19.9 Å². The molecule has 1 aromatic carbocycles. The maximum atomic E-state index is 13.3. The molecule has 0 atom stereocenters. The SMILES string of the molecule is CN=C(NCCc1nc(-c2ccco2)n[nH]1)NCC(C)(C)c1ccc(F)cc1Cl. The number of H-pyrrole nitrogens is 1. The average molecular weight is 419 g/mol. The van der Waals surface area contributed by atoms with Crippen LogP contribution in [0.1, 0.15) is 25.2 Å². The lowest BCUT2D eigenvalue weighted by atomic mass is 9.84. The molecule has 0 aliphatic carbocycles. The number of hydrogen-bond acceptors (Lipinski definition) is 4. The van der Waals surface area contributed by atoms with Gasteiger partial charge in [-0.2, -0.15) is 5.10 Å². The van der Waals surface area contributed by atoms with Gasteiger partial charge in [0.15, 0.2) is 11.7 Å². The molecule has 7 nitrogen and oxygen atoms in total. The molecule has 0 unspecified atom stereocenters. The molecule has 0 radical (unpaired) electrons. The molecular weight excluding hydrogens is 395 g/mol. The van der Waals surface area contributed by atoms with Crippen molar-refractivity contribution >= 4 is 17.6 Å². The van der Waals surface area contributed by atoms with Gasteiger partial charge in [-0.15, -0.1) is 0 Å². The van der Waals surface area contributed by atoms with Crippen LogP contribution in [-0.2, 0) is 11.8 Å². The highest BCUT2D eigenvalue weighted by Gasteiger charge is 2.24. The Kier molecular flexibility index (Phi) is 6.53. The minimum Gasteiger partial charge on any atom is -0.461 e. The van der Waals surface area contributed by atoms with Crippen molar-refractivity contribution in [2.75, 3.05) is 20.1 Å². The van der Waals surface area contributed by atoms with Gasteiger partial charge in [0.25, 0.3) is 0 Å². The molecule has 0 aliphatic heterocycles. The monoisotopic (exact) mass is 418 g/mol. The summed E-state index contributed by atoms with van der Waals surface area (Å²) in [6.07, 6.45) is 2.23. The summed E-state index contributed by atoms with van der Waals surface area (Å²) < 4.78 is 18.6. The minimum absolute atomic E-state index is 0.314. The third-order valence-corrected chi connectivity index (χ3v) is 4.82. The lowest BCUT2D eigenvalue weighted by molar-refractivity contribution is 0.507. The van der Waals surface area contributed by atoms with E-state index in [9.17, 15) is 4.39 Å². The standard InChI is InChI=1S/C20H24ClFN6O/c1-20(2,14-7-6-13(22)11-15(14)21)12-25-19(23-3)24-9-8-17-26-18(28-27-17)16-5-4-10-29-16/h4-7,10-11H,8-9,12H2,1-3H3,(H2,23,24,25)(H,26,27,28). The van der Waals surface area contributed by atoms with Crippen molar-refractivity contribution < 1.29 is 8.81 Å². The Morgan fingerprint density at radius 1 is 1.31 bits per heavy atom. The van der Waals surface area contributed by atoms with Gasteiger partial charge < -0.3 is 15.1 Å². The van der Waals surface area contributed by atoms with Crippen molar-refractivity contribution in [1.82, 2.24) is 25.8 Å². The van der Waals surface area contributed by atoms with Crippen molar-refractivity contribution in [1.29, 1.82) is 0 Å². The first-order valence-electron chi connectivity index (χ1n) is 9.24. The van der Waals surface area contributed by atoms with E-state index in [0.29, 0.717) is 42.1 Å². The van der Waals surface area contributed by atoms with Crippen LogP contribution < -0.4 is 10.6 Å². The van der Waals surface area contributed by atoms with E-state index in [4.69, 9.17) is 16.0 Å². The van der Waals surface area contributed by atoms with Crippen LogP contribution in [0.4, 0.5) is 4.39 Å². The second kappa shape index (κ2) is 9.09. The molecule has 3 N–H and O–H groups in total. The number of benzene rings is 1. The fourth-order valence-electron chi connectivity index (χ4n) is 2.88. The predicted molar refractivity (Wildman–Crippen MR) is 112 cm³/mol. The van der Waals surface area contributed by atoms with Crippen LogP contribution in [0.15, 0.2) is 46.0 Å². The predicted octanol–water partition coefficient (Wildman–Crippen LogP) is 3.54. The number of guanidine groups is 1. The summed E-state index contributed by atoms with van der Waals surface area (Å²) in [5.74, 6) is 2.22. The minimum atomic E-state index is -0.345. The van der Waals surface area contributed by atoms with E-state index >= 15 is 0 Å². The Morgan fingerprint density at radius 2 is 2.14 bits per heavy atom. The summed E-state index contributed by atoms with van der Waals surface area (Å²) in [7, 11) is 1.71. The molecule has 154 valence electrons. The fraction of sp³-hybridized carbons (Fsp3) is 0.350. The Bertz CT molecular complexity index is 967. The summed E-state index contributed by atoms with van der Waals surface area (Å²) in [4.78, 5) is 8.65. The molecule has 3 aromatic rings. The normalized spacial score (nSPS) is 12.2. The largest absolute Gasteiger partial charge is 0.461 e.